The third-order valence-corrected chi connectivity index (χ3v) is 2.68. The van der Waals surface area contributed by atoms with Gasteiger partial charge in [-0.25, -0.2) is 9.59 Å². The molecule has 2 aromatic carbocycles. The largest absolute Gasteiger partial charge is 0.462 e. The molecule has 0 atom stereocenters. The highest BCUT2D eigenvalue weighted by Crippen LogP contribution is 2.03. The molecular formula is C17H15O4. The molecular weight excluding hydrogens is 268 g/mol. The van der Waals surface area contributed by atoms with Crippen LogP contribution in [0.4, 0.5) is 0 Å². The van der Waals surface area contributed by atoms with Crippen LogP contribution in [0.15, 0.2) is 60.7 Å². The van der Waals surface area contributed by atoms with Gasteiger partial charge in [0.25, 0.3) is 0 Å². The Balaban J connectivity index is 1.64. The van der Waals surface area contributed by atoms with Crippen molar-refractivity contribution in [2.45, 2.75) is 0 Å². The van der Waals surface area contributed by atoms with Crippen LogP contribution >= 0.6 is 0 Å². The Labute approximate surface area is 123 Å². The Bertz CT molecular complexity index is 525. The van der Waals surface area contributed by atoms with Crippen molar-refractivity contribution in [1.29, 1.82) is 0 Å². The van der Waals surface area contributed by atoms with Crippen LogP contribution in [0.3, 0.4) is 0 Å². The molecule has 21 heavy (non-hydrogen) atoms. The number of esters is 2. The number of carbonyl (C=O) groups excluding carboxylic acids is 2. The van der Waals surface area contributed by atoms with Crippen molar-refractivity contribution in [3.05, 3.63) is 78.2 Å². The van der Waals surface area contributed by atoms with E-state index in [1.54, 1.807) is 55.0 Å². The third kappa shape index (κ3) is 4.76. The van der Waals surface area contributed by atoms with Crippen molar-refractivity contribution < 1.29 is 19.1 Å². The van der Waals surface area contributed by atoms with Gasteiger partial charge in [0, 0.05) is 6.42 Å². The zero-order valence-corrected chi connectivity index (χ0v) is 11.4. The molecule has 0 aliphatic heterocycles. The van der Waals surface area contributed by atoms with Crippen molar-refractivity contribution in [2.24, 2.45) is 0 Å². The van der Waals surface area contributed by atoms with E-state index in [1.165, 1.54) is 0 Å². The Hall–Kier alpha value is -2.62. The van der Waals surface area contributed by atoms with Gasteiger partial charge >= 0.3 is 11.9 Å². The summed E-state index contributed by atoms with van der Waals surface area (Å²) in [7, 11) is 0. The Morgan fingerprint density at radius 3 is 1.48 bits per heavy atom. The van der Waals surface area contributed by atoms with Gasteiger partial charge < -0.3 is 9.47 Å². The molecule has 0 bridgehead atoms. The van der Waals surface area contributed by atoms with Crippen molar-refractivity contribution in [1.82, 2.24) is 0 Å². The summed E-state index contributed by atoms with van der Waals surface area (Å²) in [5.41, 5.74) is 0.986. The van der Waals surface area contributed by atoms with Gasteiger partial charge in [0.2, 0.25) is 0 Å². The molecule has 0 aliphatic rings. The molecule has 0 N–H and O–H groups in total. The van der Waals surface area contributed by atoms with Gasteiger partial charge in [-0.15, -0.1) is 0 Å². The maximum Gasteiger partial charge on any atom is 0.338 e. The first-order valence-corrected chi connectivity index (χ1v) is 6.53. The average molecular weight is 283 g/mol. The summed E-state index contributed by atoms with van der Waals surface area (Å²) in [6.07, 6.45) is 1.58. The second-order valence-corrected chi connectivity index (χ2v) is 4.22. The highest BCUT2D eigenvalue weighted by atomic mass is 16.5. The molecule has 0 amide bonds. The van der Waals surface area contributed by atoms with Crippen LogP contribution in [-0.2, 0) is 9.47 Å². The first-order chi connectivity index (χ1) is 10.3. The molecule has 0 spiro atoms. The minimum atomic E-state index is -0.402. The summed E-state index contributed by atoms with van der Waals surface area (Å²) < 4.78 is 10.1. The zero-order valence-electron chi connectivity index (χ0n) is 11.4. The van der Waals surface area contributed by atoms with Crippen LogP contribution in [0.25, 0.3) is 0 Å². The van der Waals surface area contributed by atoms with E-state index in [2.05, 4.69) is 0 Å². The molecule has 0 fully saturated rings. The lowest BCUT2D eigenvalue weighted by molar-refractivity contribution is 0.0472. The van der Waals surface area contributed by atoms with Gasteiger partial charge in [-0.3, -0.25) is 0 Å². The summed E-state index contributed by atoms with van der Waals surface area (Å²) in [5, 5.41) is 0. The molecule has 2 rings (SSSR count). The molecule has 107 valence electrons. The van der Waals surface area contributed by atoms with Crippen LogP contribution < -0.4 is 0 Å². The van der Waals surface area contributed by atoms with Crippen LogP contribution in [0.2, 0.25) is 0 Å². The molecule has 0 heterocycles. The minimum Gasteiger partial charge on any atom is -0.462 e. The number of rotatable bonds is 6. The normalized spacial score (nSPS) is 9.90. The maximum absolute atomic E-state index is 11.6. The number of hydrogen-bond donors (Lipinski definition) is 0. The molecule has 0 aliphatic carbocycles. The zero-order chi connectivity index (χ0) is 14.9. The number of carbonyl (C=O) groups is 2. The van der Waals surface area contributed by atoms with E-state index in [0.717, 1.165) is 0 Å². The van der Waals surface area contributed by atoms with E-state index in [1.807, 2.05) is 12.1 Å². The summed E-state index contributed by atoms with van der Waals surface area (Å²) in [6.45, 7) is 0.186. The molecule has 0 aromatic heterocycles. The van der Waals surface area contributed by atoms with E-state index in [0.29, 0.717) is 11.1 Å². The van der Waals surface area contributed by atoms with Gasteiger partial charge in [0.05, 0.1) is 24.3 Å². The fourth-order valence-electron chi connectivity index (χ4n) is 1.63. The quantitative estimate of drug-likeness (QED) is 0.604. The molecule has 1 radical (unpaired) electrons. The van der Waals surface area contributed by atoms with Crippen LogP contribution in [0, 0.1) is 6.42 Å². The topological polar surface area (TPSA) is 52.6 Å². The first kappa shape index (κ1) is 14.8. The van der Waals surface area contributed by atoms with E-state index in [9.17, 15) is 9.59 Å². The van der Waals surface area contributed by atoms with E-state index >= 15 is 0 Å². The fourth-order valence-corrected chi connectivity index (χ4v) is 1.63. The third-order valence-electron chi connectivity index (χ3n) is 2.68. The van der Waals surface area contributed by atoms with Gasteiger partial charge in [0.1, 0.15) is 0 Å². The van der Waals surface area contributed by atoms with Gasteiger partial charge in [-0.2, -0.15) is 0 Å². The number of ether oxygens (including phenoxy) is 2. The van der Waals surface area contributed by atoms with Crippen LogP contribution in [0.1, 0.15) is 20.7 Å². The lowest BCUT2D eigenvalue weighted by Crippen LogP contribution is -2.11. The summed E-state index contributed by atoms with van der Waals surface area (Å²) in [6, 6.07) is 17.4. The van der Waals surface area contributed by atoms with Crippen LogP contribution in [-0.4, -0.2) is 25.2 Å². The smallest absolute Gasteiger partial charge is 0.338 e. The lowest BCUT2D eigenvalue weighted by Gasteiger charge is -2.06. The standard InChI is InChI=1S/C17H15O4/c18-16(14-8-3-1-4-9-14)20-12-7-13-21-17(19)15-10-5-2-6-11-15/h1-11H,12-13H2. The summed E-state index contributed by atoms with van der Waals surface area (Å²) in [5.74, 6) is -0.803. The van der Waals surface area contributed by atoms with Crippen LogP contribution in [0.5, 0.6) is 0 Å². The maximum atomic E-state index is 11.6. The Kier molecular flexibility index (Phi) is 5.52. The monoisotopic (exact) mass is 283 g/mol. The van der Waals surface area contributed by atoms with E-state index in [-0.39, 0.29) is 13.2 Å². The fraction of sp³-hybridized carbons (Fsp3) is 0.118. The first-order valence-electron chi connectivity index (χ1n) is 6.53. The SMILES string of the molecule is O=C(OC[CH]COC(=O)c1ccccc1)c1ccccc1. The van der Waals surface area contributed by atoms with Crippen molar-refractivity contribution >= 4 is 11.9 Å². The molecule has 0 saturated carbocycles. The van der Waals surface area contributed by atoms with Crippen molar-refractivity contribution in [2.75, 3.05) is 13.2 Å². The highest BCUT2D eigenvalue weighted by molar-refractivity contribution is 5.89. The Morgan fingerprint density at radius 2 is 1.10 bits per heavy atom. The number of benzene rings is 2. The highest BCUT2D eigenvalue weighted by Gasteiger charge is 2.07. The Morgan fingerprint density at radius 1 is 0.714 bits per heavy atom. The lowest BCUT2D eigenvalue weighted by atomic mass is 10.2. The number of hydrogen-bond acceptors (Lipinski definition) is 4. The second-order valence-electron chi connectivity index (χ2n) is 4.22. The van der Waals surface area contributed by atoms with E-state index < -0.39 is 11.9 Å². The molecule has 2 aromatic rings. The second kappa shape index (κ2) is 7.85. The molecule has 0 unspecified atom stereocenters. The van der Waals surface area contributed by atoms with Gasteiger partial charge in [0.15, 0.2) is 0 Å². The van der Waals surface area contributed by atoms with Crippen molar-refractivity contribution in [3.8, 4) is 0 Å². The predicted octanol–water partition coefficient (Wildman–Crippen LogP) is 2.90. The predicted molar refractivity (Wildman–Crippen MR) is 77.7 cm³/mol. The van der Waals surface area contributed by atoms with Crippen molar-refractivity contribution in [3.63, 3.8) is 0 Å². The molecule has 4 nitrogen and oxygen atoms in total. The summed E-state index contributed by atoms with van der Waals surface area (Å²) in [4.78, 5) is 23.2. The average Bonchev–Trinajstić information content (AvgIpc) is 2.55. The minimum absolute atomic E-state index is 0.0931. The summed E-state index contributed by atoms with van der Waals surface area (Å²) >= 11 is 0. The molecule has 4 heteroatoms. The molecule has 0 saturated heterocycles. The van der Waals surface area contributed by atoms with Gasteiger partial charge in [-0.05, 0) is 24.3 Å². The van der Waals surface area contributed by atoms with Gasteiger partial charge in [-0.1, -0.05) is 36.4 Å². The van der Waals surface area contributed by atoms with E-state index in [4.69, 9.17) is 9.47 Å².